The lowest BCUT2D eigenvalue weighted by Gasteiger charge is -2.07. The van der Waals surface area contributed by atoms with Crippen LogP contribution in [0, 0.1) is 0 Å². The number of ether oxygens (including phenoxy) is 1. The van der Waals surface area contributed by atoms with Crippen molar-refractivity contribution >= 4 is 17.2 Å². The van der Waals surface area contributed by atoms with E-state index in [9.17, 15) is 4.79 Å². The van der Waals surface area contributed by atoms with Gasteiger partial charge in [-0.1, -0.05) is 17.4 Å². The van der Waals surface area contributed by atoms with Gasteiger partial charge >= 0.3 is 0 Å². The third-order valence-electron chi connectivity index (χ3n) is 3.78. The fraction of sp³-hybridized carbons (Fsp3) is 0.0500. The highest BCUT2D eigenvalue weighted by Gasteiger charge is 2.07. The number of nitrogens with one attached hydrogen (secondary N) is 1. The summed E-state index contributed by atoms with van der Waals surface area (Å²) in [6, 6.07) is 14.4. The largest absolute Gasteiger partial charge is 0.463 e. The van der Waals surface area contributed by atoms with Gasteiger partial charge in [-0.2, -0.15) is 0 Å². The SMILES string of the molecule is O=C(NCc1ccc(-c2ccco2)nc1)c1ccc(Oc2nccs2)cc1. The highest BCUT2D eigenvalue weighted by molar-refractivity contribution is 7.11. The molecule has 0 unspecified atom stereocenters. The Morgan fingerprint density at radius 1 is 1.11 bits per heavy atom. The molecule has 3 heterocycles. The quantitative estimate of drug-likeness (QED) is 0.534. The monoisotopic (exact) mass is 377 g/mol. The fourth-order valence-corrected chi connectivity index (χ4v) is 2.92. The molecule has 0 fully saturated rings. The Balaban J connectivity index is 1.33. The standard InChI is InChI=1S/C20H15N3O3S/c24-19(15-4-6-16(7-5-15)26-20-21-9-11-27-20)23-13-14-3-8-17(22-12-14)18-2-1-10-25-18/h1-12H,13H2,(H,23,24). The van der Waals surface area contributed by atoms with E-state index in [1.807, 2.05) is 29.6 Å². The maximum Gasteiger partial charge on any atom is 0.278 e. The number of hydrogen-bond acceptors (Lipinski definition) is 6. The third kappa shape index (κ3) is 4.21. The first-order valence-electron chi connectivity index (χ1n) is 8.22. The number of thiazole rings is 1. The smallest absolute Gasteiger partial charge is 0.278 e. The topological polar surface area (TPSA) is 77.2 Å². The molecule has 3 aromatic heterocycles. The molecule has 0 radical (unpaired) electrons. The third-order valence-corrected chi connectivity index (χ3v) is 4.43. The average molecular weight is 377 g/mol. The lowest BCUT2D eigenvalue weighted by molar-refractivity contribution is 0.0951. The normalized spacial score (nSPS) is 10.5. The molecule has 1 aromatic carbocycles. The van der Waals surface area contributed by atoms with Gasteiger partial charge in [0.15, 0.2) is 5.76 Å². The molecule has 134 valence electrons. The zero-order valence-corrected chi connectivity index (χ0v) is 15.0. The van der Waals surface area contributed by atoms with E-state index in [1.165, 1.54) is 11.3 Å². The van der Waals surface area contributed by atoms with Crippen molar-refractivity contribution < 1.29 is 13.9 Å². The van der Waals surface area contributed by atoms with E-state index in [1.54, 1.807) is 42.9 Å². The van der Waals surface area contributed by atoms with Crippen LogP contribution in [0.25, 0.3) is 11.5 Å². The second-order valence-corrected chi connectivity index (χ2v) is 6.49. The number of carbonyl (C=O) groups is 1. The van der Waals surface area contributed by atoms with E-state index in [0.717, 1.165) is 11.3 Å². The molecule has 4 aromatic rings. The Labute approximate surface area is 159 Å². The van der Waals surface area contributed by atoms with Gasteiger partial charge in [0, 0.05) is 29.9 Å². The molecule has 1 N–H and O–H groups in total. The minimum atomic E-state index is -0.161. The van der Waals surface area contributed by atoms with Crippen LogP contribution in [0.2, 0.25) is 0 Å². The van der Waals surface area contributed by atoms with E-state index in [4.69, 9.17) is 9.15 Å². The predicted molar refractivity (Wildman–Crippen MR) is 102 cm³/mol. The average Bonchev–Trinajstić information content (AvgIpc) is 3.41. The van der Waals surface area contributed by atoms with Crippen molar-refractivity contribution in [3.63, 3.8) is 0 Å². The van der Waals surface area contributed by atoms with Gasteiger partial charge in [-0.25, -0.2) is 4.98 Å². The number of benzene rings is 1. The number of rotatable bonds is 6. The number of pyridine rings is 1. The summed E-state index contributed by atoms with van der Waals surface area (Å²) in [7, 11) is 0. The number of furan rings is 1. The number of amides is 1. The summed E-state index contributed by atoms with van der Waals surface area (Å²) in [5, 5.41) is 5.29. The first-order valence-corrected chi connectivity index (χ1v) is 9.10. The molecular weight excluding hydrogens is 362 g/mol. The van der Waals surface area contributed by atoms with Crippen LogP contribution in [0.4, 0.5) is 0 Å². The molecule has 27 heavy (non-hydrogen) atoms. The fourth-order valence-electron chi connectivity index (χ4n) is 2.42. The number of nitrogens with zero attached hydrogens (tertiary/aromatic N) is 2. The zero-order chi connectivity index (χ0) is 18.5. The molecule has 7 heteroatoms. The Morgan fingerprint density at radius 3 is 2.67 bits per heavy atom. The van der Waals surface area contributed by atoms with Crippen molar-refractivity contribution in [3.05, 3.63) is 83.7 Å². The number of hydrogen-bond donors (Lipinski definition) is 1. The number of aromatic nitrogens is 2. The molecule has 0 aliphatic rings. The summed E-state index contributed by atoms with van der Waals surface area (Å²) in [5.41, 5.74) is 2.22. The Kier molecular flexibility index (Phi) is 4.93. The number of carbonyl (C=O) groups excluding carboxylic acids is 1. The van der Waals surface area contributed by atoms with Crippen LogP contribution in [0.1, 0.15) is 15.9 Å². The lowest BCUT2D eigenvalue weighted by Crippen LogP contribution is -2.22. The predicted octanol–water partition coefficient (Wildman–Crippen LogP) is 4.52. The van der Waals surface area contributed by atoms with E-state index in [-0.39, 0.29) is 5.91 Å². The highest BCUT2D eigenvalue weighted by Crippen LogP contribution is 2.23. The summed E-state index contributed by atoms with van der Waals surface area (Å²) in [5.74, 6) is 1.19. The summed E-state index contributed by atoms with van der Waals surface area (Å²) in [6.45, 7) is 0.391. The maximum atomic E-state index is 12.3. The summed E-state index contributed by atoms with van der Waals surface area (Å²) in [4.78, 5) is 20.7. The van der Waals surface area contributed by atoms with Crippen LogP contribution < -0.4 is 10.1 Å². The van der Waals surface area contributed by atoms with Gasteiger partial charge in [0.2, 0.25) is 0 Å². The maximum absolute atomic E-state index is 12.3. The second kappa shape index (κ2) is 7.84. The zero-order valence-electron chi connectivity index (χ0n) is 14.2. The molecule has 0 atom stereocenters. The van der Waals surface area contributed by atoms with Crippen molar-refractivity contribution in [1.29, 1.82) is 0 Å². The van der Waals surface area contributed by atoms with Gasteiger partial charge in [0.05, 0.1) is 6.26 Å². The molecule has 6 nitrogen and oxygen atoms in total. The van der Waals surface area contributed by atoms with Crippen molar-refractivity contribution in [3.8, 4) is 22.4 Å². The van der Waals surface area contributed by atoms with Gasteiger partial charge in [-0.15, -0.1) is 0 Å². The first-order chi connectivity index (χ1) is 13.3. The van der Waals surface area contributed by atoms with Crippen LogP contribution in [0.5, 0.6) is 10.9 Å². The van der Waals surface area contributed by atoms with Gasteiger partial charge in [-0.3, -0.25) is 9.78 Å². The molecule has 0 saturated carbocycles. The summed E-state index contributed by atoms with van der Waals surface area (Å²) >= 11 is 1.41. The van der Waals surface area contributed by atoms with E-state index >= 15 is 0 Å². The molecule has 0 bridgehead atoms. The molecule has 4 rings (SSSR count). The van der Waals surface area contributed by atoms with Crippen LogP contribution in [0.15, 0.2) is 77.0 Å². The van der Waals surface area contributed by atoms with Gasteiger partial charge in [0.1, 0.15) is 11.4 Å². The van der Waals surface area contributed by atoms with Crippen molar-refractivity contribution in [2.45, 2.75) is 6.54 Å². The van der Waals surface area contributed by atoms with E-state index in [0.29, 0.717) is 28.8 Å². The Morgan fingerprint density at radius 2 is 2.00 bits per heavy atom. The molecule has 0 aliphatic heterocycles. The lowest BCUT2D eigenvalue weighted by atomic mass is 10.2. The minimum absolute atomic E-state index is 0.161. The van der Waals surface area contributed by atoms with Crippen LogP contribution in [-0.2, 0) is 6.54 Å². The van der Waals surface area contributed by atoms with Crippen molar-refractivity contribution in [2.75, 3.05) is 0 Å². The Bertz CT molecular complexity index is 996. The van der Waals surface area contributed by atoms with Crippen molar-refractivity contribution in [1.82, 2.24) is 15.3 Å². The molecule has 1 amide bonds. The van der Waals surface area contributed by atoms with Crippen LogP contribution in [0.3, 0.4) is 0 Å². The summed E-state index contributed by atoms with van der Waals surface area (Å²) in [6.07, 6.45) is 5.01. The molecule has 0 spiro atoms. The van der Waals surface area contributed by atoms with Crippen LogP contribution in [-0.4, -0.2) is 15.9 Å². The Hall–Kier alpha value is -3.45. The van der Waals surface area contributed by atoms with Gasteiger partial charge in [-0.05, 0) is 48.0 Å². The van der Waals surface area contributed by atoms with Gasteiger partial charge in [0.25, 0.3) is 11.1 Å². The molecule has 0 saturated heterocycles. The van der Waals surface area contributed by atoms with Gasteiger partial charge < -0.3 is 14.5 Å². The molecule has 0 aliphatic carbocycles. The van der Waals surface area contributed by atoms with Crippen molar-refractivity contribution in [2.24, 2.45) is 0 Å². The van der Waals surface area contributed by atoms with E-state index in [2.05, 4.69) is 15.3 Å². The first kappa shape index (κ1) is 17.0. The minimum Gasteiger partial charge on any atom is -0.463 e. The summed E-state index contributed by atoms with van der Waals surface area (Å²) < 4.78 is 10.9. The molecular formula is C20H15N3O3S. The second-order valence-electron chi connectivity index (χ2n) is 5.64. The van der Waals surface area contributed by atoms with Crippen LogP contribution >= 0.6 is 11.3 Å². The van der Waals surface area contributed by atoms with E-state index < -0.39 is 0 Å². The highest BCUT2D eigenvalue weighted by atomic mass is 32.1.